The number of aliphatic hydroxyl groups is 3. The van der Waals surface area contributed by atoms with Crippen molar-refractivity contribution in [3.63, 3.8) is 0 Å². The number of hydrogen-bond donors (Lipinski definition) is 3. The first-order valence-corrected chi connectivity index (χ1v) is 9.85. The van der Waals surface area contributed by atoms with Crippen molar-refractivity contribution in [2.24, 2.45) is 34.5 Å². The number of aliphatic hydroxyl groups excluding tert-OH is 2. The van der Waals surface area contributed by atoms with Gasteiger partial charge in [-0.15, -0.1) is 0 Å². The van der Waals surface area contributed by atoms with Crippen molar-refractivity contribution in [3.05, 3.63) is 0 Å². The van der Waals surface area contributed by atoms with Crippen LogP contribution in [0.25, 0.3) is 0 Å². The minimum absolute atomic E-state index is 0.0201. The van der Waals surface area contributed by atoms with Gasteiger partial charge in [0.1, 0.15) is 0 Å². The molecule has 4 aliphatic rings. The number of hydrogen-bond acceptors (Lipinski definition) is 3. The van der Waals surface area contributed by atoms with Gasteiger partial charge in [-0.3, -0.25) is 0 Å². The second-order valence-electron chi connectivity index (χ2n) is 9.76. The van der Waals surface area contributed by atoms with Crippen LogP contribution in [0.4, 0.5) is 0 Å². The molecule has 3 N–H and O–H groups in total. The summed E-state index contributed by atoms with van der Waals surface area (Å²) in [6.45, 7) is 5.09. The Hall–Kier alpha value is -0.120. The highest BCUT2D eigenvalue weighted by atomic mass is 16.3. The van der Waals surface area contributed by atoms with Gasteiger partial charge in [0.2, 0.25) is 0 Å². The molecule has 0 bridgehead atoms. The number of rotatable bonds is 1. The highest BCUT2D eigenvalue weighted by molar-refractivity contribution is 5.14. The quantitative estimate of drug-likeness (QED) is 0.695. The third kappa shape index (κ3) is 2.05. The molecule has 0 aromatic heterocycles. The van der Waals surface area contributed by atoms with Crippen LogP contribution in [0.15, 0.2) is 0 Å². The molecule has 0 radical (unpaired) electrons. The zero-order valence-electron chi connectivity index (χ0n) is 14.8. The first kappa shape index (κ1) is 16.4. The summed E-state index contributed by atoms with van der Waals surface area (Å²) in [5, 5.41) is 31.3. The van der Waals surface area contributed by atoms with Gasteiger partial charge in [0.15, 0.2) is 0 Å². The van der Waals surface area contributed by atoms with Gasteiger partial charge < -0.3 is 15.3 Å². The van der Waals surface area contributed by atoms with E-state index in [1.54, 1.807) is 0 Å². The third-order valence-corrected chi connectivity index (χ3v) is 9.20. The van der Waals surface area contributed by atoms with Crippen molar-refractivity contribution in [2.75, 3.05) is 6.61 Å². The van der Waals surface area contributed by atoms with E-state index in [0.717, 1.165) is 31.6 Å². The van der Waals surface area contributed by atoms with E-state index in [4.69, 9.17) is 0 Å². The van der Waals surface area contributed by atoms with Gasteiger partial charge in [0, 0.05) is 13.0 Å². The summed E-state index contributed by atoms with van der Waals surface area (Å²) >= 11 is 0. The maximum Gasteiger partial charge on any atom is 0.0728 e. The number of fused-ring (bicyclic) bond motifs is 5. The lowest BCUT2D eigenvalue weighted by molar-refractivity contribution is -0.220. The molecule has 8 atom stereocenters. The zero-order valence-corrected chi connectivity index (χ0v) is 14.8. The van der Waals surface area contributed by atoms with Gasteiger partial charge in [-0.2, -0.15) is 0 Å². The highest BCUT2D eigenvalue weighted by Gasteiger charge is 2.64. The van der Waals surface area contributed by atoms with Crippen molar-refractivity contribution < 1.29 is 15.3 Å². The summed E-state index contributed by atoms with van der Waals surface area (Å²) in [4.78, 5) is 0. The normalized spacial score (nSPS) is 59.1. The fraction of sp³-hybridized carbons (Fsp3) is 1.00. The summed E-state index contributed by atoms with van der Waals surface area (Å²) in [5.74, 6) is 2.52. The summed E-state index contributed by atoms with van der Waals surface area (Å²) in [6, 6.07) is 0. The average molecular weight is 322 g/mol. The van der Waals surface area contributed by atoms with Gasteiger partial charge in [-0.25, -0.2) is 0 Å². The Morgan fingerprint density at radius 2 is 1.70 bits per heavy atom. The van der Waals surface area contributed by atoms with E-state index in [1.807, 2.05) is 0 Å². The maximum atomic E-state index is 11.4. The Morgan fingerprint density at radius 1 is 0.913 bits per heavy atom. The molecule has 4 aliphatic carbocycles. The molecule has 132 valence electrons. The third-order valence-electron chi connectivity index (χ3n) is 9.20. The first-order valence-electron chi connectivity index (χ1n) is 9.85. The summed E-state index contributed by atoms with van der Waals surface area (Å²) < 4.78 is 0. The van der Waals surface area contributed by atoms with Crippen LogP contribution in [0.3, 0.4) is 0 Å². The van der Waals surface area contributed by atoms with Gasteiger partial charge >= 0.3 is 0 Å². The molecule has 4 fully saturated rings. The minimum atomic E-state index is -0.658. The summed E-state index contributed by atoms with van der Waals surface area (Å²) in [5.41, 5.74) is -0.363. The molecule has 0 saturated heterocycles. The van der Waals surface area contributed by atoms with E-state index < -0.39 is 5.60 Å². The zero-order chi connectivity index (χ0) is 16.5. The smallest absolute Gasteiger partial charge is 0.0728 e. The molecular formula is C20H34O3. The first-order chi connectivity index (χ1) is 10.8. The molecule has 3 heteroatoms. The minimum Gasteiger partial charge on any atom is -0.396 e. The largest absolute Gasteiger partial charge is 0.396 e. The Bertz CT molecular complexity index is 480. The van der Waals surface area contributed by atoms with Crippen LogP contribution in [0.5, 0.6) is 0 Å². The molecule has 0 spiro atoms. The standard InChI is InChI=1S/C20H34O3/c1-18-8-7-17-15(16(18)4-3-13(18)12-21)6-10-20(23)11-14(22)5-9-19(17,20)2/h13-17,21-23H,3-12H2,1-2H3/t13-,14+,15+,16+,17+,18-,19-,20-/m1/s1. The second kappa shape index (κ2) is 5.19. The fourth-order valence-electron chi connectivity index (χ4n) is 7.64. The van der Waals surface area contributed by atoms with E-state index in [2.05, 4.69) is 13.8 Å². The second-order valence-corrected chi connectivity index (χ2v) is 9.76. The van der Waals surface area contributed by atoms with Gasteiger partial charge in [-0.05, 0) is 85.9 Å². The Labute approximate surface area is 140 Å². The molecule has 0 amide bonds. The molecule has 0 unspecified atom stereocenters. The van der Waals surface area contributed by atoms with E-state index in [-0.39, 0.29) is 11.5 Å². The van der Waals surface area contributed by atoms with Crippen LogP contribution >= 0.6 is 0 Å². The average Bonchev–Trinajstić information content (AvgIpc) is 2.85. The van der Waals surface area contributed by atoms with Crippen LogP contribution in [-0.4, -0.2) is 33.6 Å². The topological polar surface area (TPSA) is 60.7 Å². The van der Waals surface area contributed by atoms with Gasteiger partial charge in [-0.1, -0.05) is 13.8 Å². The van der Waals surface area contributed by atoms with Gasteiger partial charge in [0.25, 0.3) is 0 Å². The molecule has 4 rings (SSSR count). The van der Waals surface area contributed by atoms with Crippen molar-refractivity contribution in [1.29, 1.82) is 0 Å². The van der Waals surface area contributed by atoms with Crippen LogP contribution in [0.1, 0.15) is 71.6 Å². The van der Waals surface area contributed by atoms with Crippen LogP contribution in [0.2, 0.25) is 0 Å². The molecule has 0 aromatic carbocycles. The molecule has 3 nitrogen and oxygen atoms in total. The van der Waals surface area contributed by atoms with Crippen molar-refractivity contribution >= 4 is 0 Å². The summed E-state index contributed by atoms with van der Waals surface area (Å²) in [7, 11) is 0. The van der Waals surface area contributed by atoms with E-state index >= 15 is 0 Å². The SMILES string of the molecule is C[C@]12CC[C@H]3[C@@H](CC[C@@]4(O)C[C@@H](O)CC[C@]34C)[C@@H]1CC[C@@H]2CO. The lowest BCUT2D eigenvalue weighted by Crippen LogP contribution is -2.62. The Balaban J connectivity index is 1.65. The van der Waals surface area contributed by atoms with Crippen LogP contribution < -0.4 is 0 Å². The fourth-order valence-corrected chi connectivity index (χ4v) is 7.64. The van der Waals surface area contributed by atoms with Crippen molar-refractivity contribution in [1.82, 2.24) is 0 Å². The molecule has 0 aromatic rings. The van der Waals surface area contributed by atoms with Crippen LogP contribution in [0, 0.1) is 34.5 Å². The predicted octanol–water partition coefficient (Wildman–Crippen LogP) is 3.11. The van der Waals surface area contributed by atoms with Gasteiger partial charge in [0.05, 0.1) is 11.7 Å². The van der Waals surface area contributed by atoms with Crippen LogP contribution in [-0.2, 0) is 0 Å². The molecule has 0 aliphatic heterocycles. The molecule has 0 heterocycles. The Morgan fingerprint density at radius 3 is 2.43 bits per heavy atom. The highest BCUT2D eigenvalue weighted by Crippen LogP contribution is 2.68. The molecular weight excluding hydrogens is 288 g/mol. The molecule has 4 saturated carbocycles. The maximum absolute atomic E-state index is 11.4. The lowest BCUT2D eigenvalue weighted by Gasteiger charge is -2.64. The van der Waals surface area contributed by atoms with Crippen molar-refractivity contribution in [2.45, 2.75) is 83.3 Å². The predicted molar refractivity (Wildman–Crippen MR) is 89.8 cm³/mol. The van der Waals surface area contributed by atoms with E-state index in [1.165, 1.54) is 25.7 Å². The van der Waals surface area contributed by atoms with E-state index in [9.17, 15) is 15.3 Å². The molecule has 23 heavy (non-hydrogen) atoms. The Kier molecular flexibility index (Phi) is 3.69. The monoisotopic (exact) mass is 322 g/mol. The lowest BCUT2D eigenvalue weighted by atomic mass is 9.43. The summed E-state index contributed by atoms with van der Waals surface area (Å²) in [6.07, 6.45) is 8.90. The van der Waals surface area contributed by atoms with Crippen molar-refractivity contribution in [3.8, 4) is 0 Å². The van der Waals surface area contributed by atoms with E-state index in [0.29, 0.717) is 36.2 Å².